The van der Waals surface area contributed by atoms with Crippen molar-refractivity contribution in [1.82, 2.24) is 4.57 Å². The zero-order chi connectivity index (χ0) is 14.0. The van der Waals surface area contributed by atoms with E-state index in [0.717, 1.165) is 10.6 Å². The topological polar surface area (TPSA) is 48.0 Å². The van der Waals surface area contributed by atoms with E-state index in [9.17, 15) is 4.79 Å². The van der Waals surface area contributed by atoms with Gasteiger partial charge in [0.05, 0.1) is 10.6 Å². The summed E-state index contributed by atoms with van der Waals surface area (Å²) < 4.78 is 1.86. The third-order valence-electron chi connectivity index (χ3n) is 3.02. The first-order chi connectivity index (χ1) is 9.00. The van der Waals surface area contributed by atoms with Crippen LogP contribution < -0.4 is 11.3 Å². The second-order valence-electron chi connectivity index (χ2n) is 5.25. The van der Waals surface area contributed by atoms with E-state index in [2.05, 4.69) is 13.8 Å². The van der Waals surface area contributed by atoms with E-state index < -0.39 is 0 Å². The van der Waals surface area contributed by atoms with Gasteiger partial charge in [0, 0.05) is 18.2 Å². The molecule has 0 bridgehead atoms. The van der Waals surface area contributed by atoms with Crippen LogP contribution >= 0.6 is 11.3 Å². The average Bonchev–Trinajstić information content (AvgIpc) is 2.84. The van der Waals surface area contributed by atoms with E-state index in [-0.39, 0.29) is 11.6 Å². The van der Waals surface area contributed by atoms with Gasteiger partial charge in [-0.15, -0.1) is 11.3 Å². The SMILES string of the molecule is CC(C)Cn1c(-c2cccs2)ccc(C(C)N)c1=O. The van der Waals surface area contributed by atoms with E-state index in [1.807, 2.05) is 41.1 Å². The van der Waals surface area contributed by atoms with Crippen LogP contribution in [0.3, 0.4) is 0 Å². The van der Waals surface area contributed by atoms with Gasteiger partial charge >= 0.3 is 0 Å². The summed E-state index contributed by atoms with van der Waals surface area (Å²) in [6.07, 6.45) is 0. The molecule has 2 aromatic heterocycles. The third kappa shape index (κ3) is 2.96. The Balaban J connectivity index is 2.61. The molecule has 0 aliphatic carbocycles. The maximum absolute atomic E-state index is 12.5. The van der Waals surface area contributed by atoms with Crippen LogP contribution in [0.2, 0.25) is 0 Å². The van der Waals surface area contributed by atoms with Gasteiger partial charge in [-0.2, -0.15) is 0 Å². The average molecular weight is 276 g/mol. The number of hydrogen-bond donors (Lipinski definition) is 1. The molecule has 0 amide bonds. The lowest BCUT2D eigenvalue weighted by atomic mass is 10.1. The van der Waals surface area contributed by atoms with Crippen molar-refractivity contribution < 1.29 is 0 Å². The molecule has 2 aromatic rings. The van der Waals surface area contributed by atoms with Gasteiger partial charge in [-0.05, 0) is 36.4 Å². The number of hydrogen-bond acceptors (Lipinski definition) is 3. The largest absolute Gasteiger partial charge is 0.324 e. The predicted molar refractivity (Wildman–Crippen MR) is 81.5 cm³/mol. The third-order valence-corrected chi connectivity index (χ3v) is 3.91. The second-order valence-corrected chi connectivity index (χ2v) is 6.20. The van der Waals surface area contributed by atoms with Crippen LogP contribution in [0, 0.1) is 5.92 Å². The predicted octanol–water partition coefficient (Wildman–Crippen LogP) is 3.25. The number of rotatable bonds is 4. The van der Waals surface area contributed by atoms with E-state index in [1.165, 1.54) is 0 Å². The van der Waals surface area contributed by atoms with Crippen molar-refractivity contribution in [2.75, 3.05) is 0 Å². The molecule has 0 spiro atoms. The molecule has 1 unspecified atom stereocenters. The van der Waals surface area contributed by atoms with Crippen LogP contribution in [0.25, 0.3) is 10.6 Å². The fourth-order valence-electron chi connectivity index (χ4n) is 2.13. The Hall–Kier alpha value is -1.39. The fraction of sp³-hybridized carbons (Fsp3) is 0.400. The molecule has 19 heavy (non-hydrogen) atoms. The van der Waals surface area contributed by atoms with Gasteiger partial charge in [-0.3, -0.25) is 4.79 Å². The van der Waals surface area contributed by atoms with Crippen molar-refractivity contribution in [3.8, 4) is 10.6 Å². The van der Waals surface area contributed by atoms with Crippen molar-refractivity contribution in [1.29, 1.82) is 0 Å². The Bertz CT molecular complexity index is 597. The van der Waals surface area contributed by atoms with E-state index in [4.69, 9.17) is 5.73 Å². The Morgan fingerprint density at radius 3 is 2.53 bits per heavy atom. The first-order valence-corrected chi connectivity index (χ1v) is 7.42. The van der Waals surface area contributed by atoms with Gasteiger partial charge in [0.1, 0.15) is 0 Å². The van der Waals surface area contributed by atoms with Crippen LogP contribution in [0.5, 0.6) is 0 Å². The highest BCUT2D eigenvalue weighted by Gasteiger charge is 2.14. The maximum atomic E-state index is 12.5. The van der Waals surface area contributed by atoms with E-state index in [0.29, 0.717) is 18.0 Å². The highest BCUT2D eigenvalue weighted by Crippen LogP contribution is 2.25. The summed E-state index contributed by atoms with van der Waals surface area (Å²) in [5, 5.41) is 2.03. The highest BCUT2D eigenvalue weighted by molar-refractivity contribution is 7.13. The standard InChI is InChI=1S/C15H20N2OS/c1-10(2)9-17-13(14-5-4-8-19-14)7-6-12(11(3)16)15(17)18/h4-8,10-11H,9,16H2,1-3H3. The monoisotopic (exact) mass is 276 g/mol. The Kier molecular flexibility index (Phi) is 4.22. The van der Waals surface area contributed by atoms with Gasteiger partial charge in [0.25, 0.3) is 5.56 Å². The molecule has 0 aliphatic rings. The van der Waals surface area contributed by atoms with Crippen LogP contribution in [0.1, 0.15) is 32.4 Å². The van der Waals surface area contributed by atoms with Crippen LogP contribution in [-0.4, -0.2) is 4.57 Å². The summed E-state index contributed by atoms with van der Waals surface area (Å²) >= 11 is 1.65. The minimum absolute atomic E-state index is 0.0367. The molecule has 1 atom stereocenters. The Morgan fingerprint density at radius 2 is 2.00 bits per heavy atom. The minimum Gasteiger partial charge on any atom is -0.324 e. The summed E-state index contributed by atoms with van der Waals surface area (Å²) in [5.74, 6) is 0.416. The van der Waals surface area contributed by atoms with Crippen molar-refractivity contribution in [3.63, 3.8) is 0 Å². The summed E-state index contributed by atoms with van der Waals surface area (Å²) in [6, 6.07) is 7.68. The van der Waals surface area contributed by atoms with E-state index >= 15 is 0 Å². The van der Waals surface area contributed by atoms with Gasteiger partial charge in [0.15, 0.2) is 0 Å². The van der Waals surface area contributed by atoms with Gasteiger partial charge in [-0.25, -0.2) is 0 Å². The summed E-state index contributed by atoms with van der Waals surface area (Å²) in [4.78, 5) is 13.7. The van der Waals surface area contributed by atoms with E-state index in [1.54, 1.807) is 11.3 Å². The molecule has 2 heterocycles. The van der Waals surface area contributed by atoms with Crippen LogP contribution in [0.4, 0.5) is 0 Å². The molecular formula is C15H20N2OS. The first-order valence-electron chi connectivity index (χ1n) is 6.54. The van der Waals surface area contributed by atoms with Crippen LogP contribution in [0.15, 0.2) is 34.4 Å². The fourth-order valence-corrected chi connectivity index (χ4v) is 2.89. The molecule has 2 N–H and O–H groups in total. The van der Waals surface area contributed by atoms with Gasteiger partial charge in [-0.1, -0.05) is 19.9 Å². The zero-order valence-electron chi connectivity index (χ0n) is 11.6. The van der Waals surface area contributed by atoms with Crippen molar-refractivity contribution in [2.24, 2.45) is 11.7 Å². The summed E-state index contributed by atoms with van der Waals surface area (Å²) in [5.41, 5.74) is 7.57. The summed E-state index contributed by atoms with van der Waals surface area (Å²) in [6.45, 7) is 6.79. The lowest BCUT2D eigenvalue weighted by Crippen LogP contribution is -2.29. The van der Waals surface area contributed by atoms with Gasteiger partial charge in [0.2, 0.25) is 0 Å². The molecule has 0 aliphatic heterocycles. The molecule has 3 nitrogen and oxygen atoms in total. The number of aromatic nitrogens is 1. The molecular weight excluding hydrogens is 256 g/mol. The Labute approximate surface area is 117 Å². The molecule has 4 heteroatoms. The maximum Gasteiger partial charge on any atom is 0.255 e. The van der Waals surface area contributed by atoms with Crippen molar-refractivity contribution in [3.05, 3.63) is 45.6 Å². The minimum atomic E-state index is -0.233. The van der Waals surface area contributed by atoms with Crippen molar-refractivity contribution >= 4 is 11.3 Å². The van der Waals surface area contributed by atoms with Crippen molar-refractivity contribution in [2.45, 2.75) is 33.4 Å². The molecule has 0 aromatic carbocycles. The normalized spacial score (nSPS) is 12.9. The summed E-state index contributed by atoms with van der Waals surface area (Å²) in [7, 11) is 0. The smallest absolute Gasteiger partial charge is 0.255 e. The number of thiophene rings is 1. The molecule has 102 valence electrons. The lowest BCUT2D eigenvalue weighted by molar-refractivity contribution is 0.511. The number of nitrogens with zero attached hydrogens (tertiary/aromatic N) is 1. The Morgan fingerprint density at radius 1 is 1.26 bits per heavy atom. The zero-order valence-corrected chi connectivity index (χ0v) is 12.4. The number of nitrogens with two attached hydrogens (primary N) is 1. The molecule has 0 saturated carbocycles. The number of pyridine rings is 1. The van der Waals surface area contributed by atoms with Gasteiger partial charge < -0.3 is 10.3 Å². The highest BCUT2D eigenvalue weighted by atomic mass is 32.1. The molecule has 2 rings (SSSR count). The first kappa shape index (κ1) is 14.0. The molecule has 0 saturated heterocycles. The molecule has 0 radical (unpaired) electrons. The van der Waals surface area contributed by atoms with Crippen LogP contribution in [-0.2, 0) is 6.54 Å². The second kappa shape index (κ2) is 5.72. The quantitative estimate of drug-likeness (QED) is 0.931. The molecule has 0 fully saturated rings. The lowest BCUT2D eigenvalue weighted by Gasteiger charge is -2.16.